The Kier molecular flexibility index (Phi) is 4.39. The van der Waals surface area contributed by atoms with Gasteiger partial charge < -0.3 is 14.9 Å². The molecule has 1 aliphatic rings. The Morgan fingerprint density at radius 3 is 2.65 bits per heavy atom. The highest BCUT2D eigenvalue weighted by Gasteiger charge is 2.25. The highest BCUT2D eigenvalue weighted by Crippen LogP contribution is 2.32. The Bertz CT molecular complexity index is 952. The maximum atomic E-state index is 11.4. The number of anilines is 2. The van der Waals surface area contributed by atoms with Crippen LogP contribution in [0.1, 0.15) is 5.56 Å². The minimum Gasteiger partial charge on any atom is -0.392 e. The fraction of sp³-hybridized carbons (Fsp3) is 0.294. The SMILES string of the molecule is O=[N+]([O-])c1ccc(CO)cc1N1CCN(c2ncnc3ccsc23)CC1. The molecule has 3 heterocycles. The van der Waals surface area contributed by atoms with Crippen LogP contribution >= 0.6 is 11.3 Å². The predicted octanol–water partition coefficient (Wildman–Crippen LogP) is 2.42. The molecule has 1 N–H and O–H groups in total. The summed E-state index contributed by atoms with van der Waals surface area (Å²) in [5.74, 6) is 0.920. The zero-order valence-electron chi connectivity index (χ0n) is 13.9. The van der Waals surface area contributed by atoms with Crippen molar-refractivity contribution in [2.45, 2.75) is 6.61 Å². The number of hydrogen-bond donors (Lipinski definition) is 1. The number of rotatable bonds is 4. The van der Waals surface area contributed by atoms with Crippen LogP contribution in [-0.4, -0.2) is 46.2 Å². The molecule has 0 atom stereocenters. The van der Waals surface area contributed by atoms with E-state index in [2.05, 4.69) is 14.9 Å². The van der Waals surface area contributed by atoms with Gasteiger partial charge >= 0.3 is 0 Å². The fourth-order valence-corrected chi connectivity index (χ4v) is 4.10. The van der Waals surface area contributed by atoms with Crippen molar-refractivity contribution in [2.24, 2.45) is 0 Å². The summed E-state index contributed by atoms with van der Waals surface area (Å²) in [6, 6.07) is 6.74. The lowest BCUT2D eigenvalue weighted by Gasteiger charge is -2.36. The molecule has 134 valence electrons. The number of fused-ring (bicyclic) bond motifs is 1. The second-order valence-corrected chi connectivity index (χ2v) is 6.96. The van der Waals surface area contributed by atoms with Crippen LogP contribution in [0, 0.1) is 10.1 Å². The maximum absolute atomic E-state index is 11.4. The van der Waals surface area contributed by atoms with Gasteiger partial charge in [-0.2, -0.15) is 0 Å². The minimum absolute atomic E-state index is 0.0679. The summed E-state index contributed by atoms with van der Waals surface area (Å²) >= 11 is 1.62. The van der Waals surface area contributed by atoms with Crippen molar-refractivity contribution in [2.75, 3.05) is 36.0 Å². The molecule has 8 nitrogen and oxygen atoms in total. The first-order chi connectivity index (χ1) is 12.7. The summed E-state index contributed by atoms with van der Waals surface area (Å²) in [7, 11) is 0. The topological polar surface area (TPSA) is 95.6 Å². The standard InChI is InChI=1S/C17H17N5O3S/c23-10-12-1-2-14(22(24)25)15(9-12)20-4-6-21(7-5-20)17-16-13(3-8-26-16)18-11-19-17/h1-3,8-9,11,23H,4-7,10H2. The second-order valence-electron chi connectivity index (χ2n) is 6.04. The molecule has 4 rings (SSSR count). The third-order valence-electron chi connectivity index (χ3n) is 4.56. The molecule has 0 spiro atoms. The van der Waals surface area contributed by atoms with Gasteiger partial charge in [-0.3, -0.25) is 10.1 Å². The Balaban J connectivity index is 1.57. The molecule has 0 aliphatic carbocycles. The van der Waals surface area contributed by atoms with E-state index in [1.807, 2.05) is 16.3 Å². The number of aliphatic hydroxyl groups is 1. The summed E-state index contributed by atoms with van der Waals surface area (Å²) in [6.45, 7) is 2.58. The van der Waals surface area contributed by atoms with Crippen molar-refractivity contribution in [1.29, 1.82) is 0 Å². The number of aliphatic hydroxyl groups excluding tert-OH is 1. The zero-order chi connectivity index (χ0) is 18.1. The third-order valence-corrected chi connectivity index (χ3v) is 5.46. The van der Waals surface area contributed by atoms with Gasteiger partial charge in [0, 0.05) is 32.2 Å². The van der Waals surface area contributed by atoms with Crippen molar-refractivity contribution >= 4 is 38.7 Å². The number of nitro benzene ring substituents is 1. The normalized spacial score (nSPS) is 14.8. The quantitative estimate of drug-likeness (QED) is 0.556. The summed E-state index contributed by atoms with van der Waals surface area (Å²) in [5.41, 5.74) is 2.24. The molecule has 1 aromatic carbocycles. The van der Waals surface area contributed by atoms with Crippen LogP contribution in [0.2, 0.25) is 0 Å². The lowest BCUT2D eigenvalue weighted by Crippen LogP contribution is -2.47. The van der Waals surface area contributed by atoms with Crippen LogP contribution in [0.3, 0.4) is 0 Å². The zero-order valence-corrected chi connectivity index (χ0v) is 14.7. The van der Waals surface area contributed by atoms with Crippen molar-refractivity contribution in [1.82, 2.24) is 9.97 Å². The van der Waals surface area contributed by atoms with Gasteiger partial charge in [0.1, 0.15) is 17.8 Å². The lowest BCUT2D eigenvalue weighted by molar-refractivity contribution is -0.384. The Labute approximate surface area is 153 Å². The molecular weight excluding hydrogens is 354 g/mol. The van der Waals surface area contributed by atoms with Gasteiger partial charge in [0.25, 0.3) is 5.69 Å². The van der Waals surface area contributed by atoms with Gasteiger partial charge in [0.2, 0.25) is 0 Å². The Hall–Kier alpha value is -2.78. The van der Waals surface area contributed by atoms with Gasteiger partial charge in [-0.15, -0.1) is 11.3 Å². The van der Waals surface area contributed by atoms with Gasteiger partial charge in [0.05, 0.1) is 21.7 Å². The first kappa shape index (κ1) is 16.7. The van der Waals surface area contributed by atoms with Crippen LogP contribution < -0.4 is 9.80 Å². The van der Waals surface area contributed by atoms with Crippen molar-refractivity contribution < 1.29 is 10.0 Å². The van der Waals surface area contributed by atoms with Gasteiger partial charge in [-0.1, -0.05) is 0 Å². The highest BCUT2D eigenvalue weighted by atomic mass is 32.1. The number of hydrogen-bond acceptors (Lipinski definition) is 8. The Morgan fingerprint density at radius 1 is 1.15 bits per heavy atom. The summed E-state index contributed by atoms with van der Waals surface area (Å²) < 4.78 is 1.06. The summed E-state index contributed by atoms with van der Waals surface area (Å²) in [5, 5.41) is 22.7. The number of piperazine rings is 1. The molecular formula is C17H17N5O3S. The summed E-state index contributed by atoms with van der Waals surface area (Å²) in [6.07, 6.45) is 1.58. The lowest BCUT2D eigenvalue weighted by atomic mass is 10.1. The van der Waals surface area contributed by atoms with E-state index < -0.39 is 0 Å². The second kappa shape index (κ2) is 6.85. The molecule has 26 heavy (non-hydrogen) atoms. The van der Waals surface area contributed by atoms with Gasteiger partial charge in [0.15, 0.2) is 0 Å². The van der Waals surface area contributed by atoms with Gasteiger partial charge in [-0.05, 0) is 29.1 Å². The highest BCUT2D eigenvalue weighted by molar-refractivity contribution is 7.17. The largest absolute Gasteiger partial charge is 0.392 e. The number of nitrogens with zero attached hydrogens (tertiary/aromatic N) is 5. The smallest absolute Gasteiger partial charge is 0.292 e. The van der Waals surface area contributed by atoms with E-state index in [1.165, 1.54) is 6.07 Å². The number of benzene rings is 1. The summed E-state index contributed by atoms with van der Waals surface area (Å²) in [4.78, 5) is 23.9. The fourth-order valence-electron chi connectivity index (χ4n) is 3.24. The third kappa shape index (κ3) is 2.95. The number of thiophene rings is 1. The van der Waals surface area contributed by atoms with E-state index in [4.69, 9.17) is 0 Å². The number of nitro groups is 1. The molecule has 1 fully saturated rings. The van der Waals surface area contributed by atoms with Crippen LogP contribution in [0.4, 0.5) is 17.2 Å². The molecule has 0 unspecified atom stereocenters. The average molecular weight is 371 g/mol. The maximum Gasteiger partial charge on any atom is 0.292 e. The van der Waals surface area contributed by atoms with Crippen molar-refractivity contribution in [3.05, 3.63) is 51.7 Å². The van der Waals surface area contributed by atoms with Crippen LogP contribution in [-0.2, 0) is 6.61 Å². The molecule has 9 heteroatoms. The molecule has 1 saturated heterocycles. The van der Waals surface area contributed by atoms with E-state index in [0.29, 0.717) is 37.4 Å². The van der Waals surface area contributed by atoms with Gasteiger partial charge in [-0.25, -0.2) is 9.97 Å². The molecule has 0 saturated carbocycles. The predicted molar refractivity (Wildman–Crippen MR) is 101 cm³/mol. The molecule has 0 amide bonds. The van der Waals surface area contributed by atoms with Crippen molar-refractivity contribution in [3.63, 3.8) is 0 Å². The molecule has 3 aromatic rings. The van der Waals surface area contributed by atoms with Crippen molar-refractivity contribution in [3.8, 4) is 0 Å². The van der Waals surface area contributed by atoms with E-state index in [0.717, 1.165) is 16.0 Å². The first-order valence-electron chi connectivity index (χ1n) is 8.23. The average Bonchev–Trinajstić information content (AvgIpc) is 3.16. The molecule has 1 aliphatic heterocycles. The van der Waals surface area contributed by atoms with Crippen LogP contribution in [0.25, 0.3) is 10.2 Å². The first-order valence-corrected chi connectivity index (χ1v) is 9.11. The number of aromatic nitrogens is 2. The molecule has 0 bridgehead atoms. The Morgan fingerprint density at radius 2 is 1.92 bits per heavy atom. The van der Waals surface area contributed by atoms with E-state index in [9.17, 15) is 15.2 Å². The van der Waals surface area contributed by atoms with E-state index >= 15 is 0 Å². The monoisotopic (exact) mass is 371 g/mol. The van der Waals surface area contributed by atoms with Crippen LogP contribution in [0.15, 0.2) is 36.0 Å². The van der Waals surface area contributed by atoms with Crippen LogP contribution in [0.5, 0.6) is 0 Å². The molecule has 2 aromatic heterocycles. The van der Waals surface area contributed by atoms with E-state index in [1.54, 1.807) is 29.8 Å². The van der Waals surface area contributed by atoms with E-state index in [-0.39, 0.29) is 17.2 Å². The minimum atomic E-state index is -0.373. The molecule has 0 radical (unpaired) electrons.